The van der Waals surface area contributed by atoms with E-state index >= 15 is 0 Å². The lowest BCUT2D eigenvalue weighted by atomic mass is 9.76. The smallest absolute Gasteiger partial charge is 0.323 e. The van der Waals surface area contributed by atoms with Crippen LogP contribution < -0.4 is 10.1 Å². The van der Waals surface area contributed by atoms with Crippen LogP contribution in [0.15, 0.2) is 18.2 Å². The number of carboxylic acid groups (broad SMARTS) is 1. The Hall–Kier alpha value is -2.15. The number of nitrogens with one attached hydrogen (secondary N) is 1. The van der Waals surface area contributed by atoms with Gasteiger partial charge >= 0.3 is 11.7 Å². The molecule has 0 saturated heterocycles. The third-order valence-electron chi connectivity index (χ3n) is 3.69. The Balaban J connectivity index is 2.12. The van der Waals surface area contributed by atoms with Gasteiger partial charge in [-0.1, -0.05) is 6.07 Å². The first-order valence-corrected chi connectivity index (χ1v) is 6.28. The van der Waals surface area contributed by atoms with Crippen molar-refractivity contribution in [2.24, 2.45) is 0 Å². The number of hydrogen-bond donors (Lipinski definition) is 2. The van der Waals surface area contributed by atoms with Crippen molar-refractivity contribution in [1.29, 1.82) is 0 Å². The lowest BCUT2D eigenvalue weighted by molar-refractivity contribution is -0.385. The van der Waals surface area contributed by atoms with E-state index in [1.54, 1.807) is 6.07 Å². The van der Waals surface area contributed by atoms with Crippen LogP contribution in [0.5, 0.6) is 5.75 Å². The molecule has 2 N–H and O–H groups in total. The minimum absolute atomic E-state index is 0.121. The normalized spacial score (nSPS) is 16.2. The average molecular weight is 280 g/mol. The molecule has 0 atom stereocenters. The molecule has 0 amide bonds. The molecule has 7 heteroatoms. The van der Waals surface area contributed by atoms with Crippen LogP contribution >= 0.6 is 0 Å². The third kappa shape index (κ3) is 2.57. The van der Waals surface area contributed by atoms with Gasteiger partial charge in [0.1, 0.15) is 5.54 Å². The molecule has 0 unspecified atom stereocenters. The molecule has 0 aromatic heterocycles. The number of rotatable bonds is 6. The molecule has 2 rings (SSSR count). The first-order chi connectivity index (χ1) is 9.48. The van der Waals surface area contributed by atoms with E-state index in [9.17, 15) is 20.0 Å². The molecule has 20 heavy (non-hydrogen) atoms. The number of nitro groups is 1. The van der Waals surface area contributed by atoms with Gasteiger partial charge < -0.3 is 9.84 Å². The van der Waals surface area contributed by atoms with Gasteiger partial charge in [-0.05, 0) is 30.9 Å². The zero-order valence-electron chi connectivity index (χ0n) is 11.1. The van der Waals surface area contributed by atoms with Gasteiger partial charge in [-0.3, -0.25) is 20.2 Å². The minimum atomic E-state index is -0.880. The fourth-order valence-corrected chi connectivity index (χ4v) is 2.26. The van der Waals surface area contributed by atoms with Crippen molar-refractivity contribution in [3.8, 4) is 5.75 Å². The molecule has 108 valence electrons. The summed E-state index contributed by atoms with van der Waals surface area (Å²) < 4.78 is 4.92. The maximum absolute atomic E-state index is 11.2. The van der Waals surface area contributed by atoms with E-state index in [1.807, 2.05) is 0 Å². The van der Waals surface area contributed by atoms with Gasteiger partial charge in [-0.2, -0.15) is 0 Å². The van der Waals surface area contributed by atoms with Gasteiger partial charge in [-0.15, -0.1) is 0 Å². The van der Waals surface area contributed by atoms with E-state index in [0.717, 1.165) is 6.42 Å². The number of nitrogens with zero attached hydrogens (tertiary/aromatic N) is 1. The maximum Gasteiger partial charge on any atom is 0.323 e. The van der Waals surface area contributed by atoms with Crippen LogP contribution in [0, 0.1) is 10.1 Å². The van der Waals surface area contributed by atoms with E-state index in [1.165, 1.54) is 19.2 Å². The largest absolute Gasteiger partial charge is 0.490 e. The fourth-order valence-electron chi connectivity index (χ4n) is 2.26. The molecule has 1 aliphatic carbocycles. The Morgan fingerprint density at radius 2 is 2.25 bits per heavy atom. The monoisotopic (exact) mass is 280 g/mol. The SMILES string of the molecule is COc1ccc(CNC2(C(=O)O)CCC2)cc1[N+](=O)[O-]. The zero-order chi connectivity index (χ0) is 14.8. The standard InChI is InChI=1S/C13H16N2O5/c1-20-11-4-3-9(7-10(11)15(18)19)8-14-13(12(16)17)5-2-6-13/h3-4,7,14H,2,5-6,8H2,1H3,(H,16,17). The summed E-state index contributed by atoms with van der Waals surface area (Å²) in [6.45, 7) is 0.275. The molecular formula is C13H16N2O5. The Morgan fingerprint density at radius 3 is 2.70 bits per heavy atom. The van der Waals surface area contributed by atoms with Crippen molar-refractivity contribution < 1.29 is 19.6 Å². The number of nitro benzene ring substituents is 1. The van der Waals surface area contributed by atoms with Gasteiger partial charge in [0, 0.05) is 12.6 Å². The molecule has 7 nitrogen and oxygen atoms in total. The van der Waals surface area contributed by atoms with Crippen LogP contribution in [0.3, 0.4) is 0 Å². The highest BCUT2D eigenvalue weighted by Crippen LogP contribution is 2.33. The molecule has 1 aromatic rings. The molecule has 1 aliphatic rings. The summed E-state index contributed by atoms with van der Waals surface area (Å²) in [5.41, 5.74) is -0.343. The first kappa shape index (κ1) is 14.3. The number of methoxy groups -OCH3 is 1. The Kier molecular flexibility index (Phi) is 3.89. The molecular weight excluding hydrogens is 264 g/mol. The van der Waals surface area contributed by atoms with Gasteiger partial charge in [0.15, 0.2) is 5.75 Å². The van der Waals surface area contributed by atoms with Gasteiger partial charge in [0.25, 0.3) is 0 Å². The number of carbonyl (C=O) groups is 1. The van der Waals surface area contributed by atoms with Crippen molar-refractivity contribution in [3.05, 3.63) is 33.9 Å². The van der Waals surface area contributed by atoms with Crippen molar-refractivity contribution in [2.75, 3.05) is 7.11 Å². The highest BCUT2D eigenvalue weighted by atomic mass is 16.6. The molecule has 1 fully saturated rings. The summed E-state index contributed by atoms with van der Waals surface area (Å²) in [7, 11) is 1.37. The summed E-state index contributed by atoms with van der Waals surface area (Å²) in [4.78, 5) is 21.6. The summed E-state index contributed by atoms with van der Waals surface area (Å²) in [5.74, 6) is -0.679. The van der Waals surface area contributed by atoms with Gasteiger partial charge in [0.2, 0.25) is 0 Å². The van der Waals surface area contributed by atoms with E-state index in [-0.39, 0.29) is 18.0 Å². The molecule has 0 aliphatic heterocycles. The predicted octanol–water partition coefficient (Wildman–Crippen LogP) is 1.70. The van der Waals surface area contributed by atoms with E-state index in [0.29, 0.717) is 18.4 Å². The molecule has 0 bridgehead atoms. The second-order valence-electron chi connectivity index (χ2n) is 4.86. The van der Waals surface area contributed by atoms with Crippen LogP contribution in [0.25, 0.3) is 0 Å². The van der Waals surface area contributed by atoms with Crippen LogP contribution in [0.2, 0.25) is 0 Å². The van der Waals surface area contributed by atoms with Crippen molar-refractivity contribution in [3.63, 3.8) is 0 Å². The van der Waals surface area contributed by atoms with Crippen LogP contribution in [0.1, 0.15) is 24.8 Å². The fraction of sp³-hybridized carbons (Fsp3) is 0.462. The van der Waals surface area contributed by atoms with Gasteiger partial charge in [0.05, 0.1) is 12.0 Å². The molecule has 1 aromatic carbocycles. The van der Waals surface area contributed by atoms with Crippen molar-refractivity contribution >= 4 is 11.7 Å². The summed E-state index contributed by atoms with van der Waals surface area (Å²) in [6, 6.07) is 4.61. The lowest BCUT2D eigenvalue weighted by Gasteiger charge is -2.38. The summed E-state index contributed by atoms with van der Waals surface area (Å²) in [6.07, 6.45) is 2.04. The highest BCUT2D eigenvalue weighted by molar-refractivity contribution is 5.80. The maximum atomic E-state index is 11.2. The van der Waals surface area contributed by atoms with E-state index in [2.05, 4.69) is 5.32 Å². The number of carboxylic acids is 1. The number of aliphatic carboxylic acids is 1. The Labute approximate surface area is 115 Å². The third-order valence-corrected chi connectivity index (χ3v) is 3.69. The van der Waals surface area contributed by atoms with Crippen LogP contribution in [0.4, 0.5) is 5.69 Å². The van der Waals surface area contributed by atoms with Crippen LogP contribution in [-0.2, 0) is 11.3 Å². The molecule has 1 saturated carbocycles. The molecule has 0 spiro atoms. The Bertz CT molecular complexity index is 540. The highest BCUT2D eigenvalue weighted by Gasteiger charge is 2.43. The number of hydrogen-bond acceptors (Lipinski definition) is 5. The second-order valence-corrected chi connectivity index (χ2v) is 4.86. The topological polar surface area (TPSA) is 102 Å². The number of ether oxygens (including phenoxy) is 1. The number of benzene rings is 1. The zero-order valence-corrected chi connectivity index (χ0v) is 11.1. The summed E-state index contributed by atoms with van der Waals surface area (Å²) in [5, 5.41) is 23.1. The second kappa shape index (κ2) is 5.46. The lowest BCUT2D eigenvalue weighted by Crippen LogP contribution is -2.56. The predicted molar refractivity (Wildman–Crippen MR) is 70.7 cm³/mol. The van der Waals surface area contributed by atoms with E-state index < -0.39 is 16.4 Å². The van der Waals surface area contributed by atoms with Crippen molar-refractivity contribution in [2.45, 2.75) is 31.3 Å². The Morgan fingerprint density at radius 1 is 1.55 bits per heavy atom. The molecule has 0 heterocycles. The van der Waals surface area contributed by atoms with Crippen LogP contribution in [-0.4, -0.2) is 28.6 Å². The first-order valence-electron chi connectivity index (χ1n) is 6.28. The minimum Gasteiger partial charge on any atom is -0.490 e. The average Bonchev–Trinajstić information content (AvgIpc) is 2.36. The van der Waals surface area contributed by atoms with E-state index in [4.69, 9.17) is 4.74 Å². The quantitative estimate of drug-likeness (QED) is 0.607. The van der Waals surface area contributed by atoms with Crippen molar-refractivity contribution in [1.82, 2.24) is 5.32 Å². The molecule has 0 radical (unpaired) electrons. The van der Waals surface area contributed by atoms with Gasteiger partial charge in [-0.25, -0.2) is 0 Å². The summed E-state index contributed by atoms with van der Waals surface area (Å²) >= 11 is 0.